The topological polar surface area (TPSA) is 60.9 Å². The summed E-state index contributed by atoms with van der Waals surface area (Å²) in [6, 6.07) is 24.8. The Balaban J connectivity index is 1.21. The molecule has 1 aliphatic heterocycles. The smallest absolute Gasteiger partial charge is 0.242 e. The lowest BCUT2D eigenvalue weighted by Gasteiger charge is -2.40. The highest BCUT2D eigenvalue weighted by atomic mass is 32.2. The molecular weight excluding hydrogens is 468 g/mol. The van der Waals surface area contributed by atoms with Crippen LogP contribution in [0.3, 0.4) is 0 Å². The summed E-state index contributed by atoms with van der Waals surface area (Å²) in [4.78, 5) is 2.77. The second kappa shape index (κ2) is 8.80. The van der Waals surface area contributed by atoms with Gasteiger partial charge in [0.25, 0.3) is 0 Å². The fraction of sp³-hybridized carbons (Fsp3) is 0.400. The molecule has 3 aromatic rings. The Bertz CT molecular complexity index is 1350. The van der Waals surface area contributed by atoms with E-state index in [2.05, 4.69) is 53.4 Å². The number of rotatable bonds is 6. The Morgan fingerprint density at radius 3 is 2.08 bits per heavy atom. The van der Waals surface area contributed by atoms with Crippen molar-refractivity contribution in [3.8, 4) is 0 Å². The predicted octanol–water partition coefficient (Wildman–Crippen LogP) is 4.52. The molecule has 3 aliphatic rings. The van der Waals surface area contributed by atoms with Crippen molar-refractivity contribution < 1.29 is 13.5 Å². The van der Waals surface area contributed by atoms with Crippen LogP contribution in [0.15, 0.2) is 77.7 Å². The summed E-state index contributed by atoms with van der Waals surface area (Å²) < 4.78 is 26.9. The Labute approximate surface area is 214 Å². The van der Waals surface area contributed by atoms with Crippen molar-refractivity contribution in [3.05, 3.63) is 101 Å². The maximum atomic E-state index is 12.9. The fourth-order valence-corrected chi connectivity index (χ4v) is 8.16. The van der Waals surface area contributed by atoms with E-state index in [-0.39, 0.29) is 16.2 Å². The van der Waals surface area contributed by atoms with Crippen LogP contribution < -0.4 is 0 Å². The zero-order valence-electron chi connectivity index (χ0n) is 21.0. The third kappa shape index (κ3) is 3.58. The molecule has 188 valence electrons. The molecule has 1 N–H and O–H groups in total. The maximum absolute atomic E-state index is 12.9. The first-order valence-corrected chi connectivity index (χ1v) is 14.4. The van der Waals surface area contributed by atoms with Gasteiger partial charge in [0.2, 0.25) is 10.0 Å². The minimum absolute atomic E-state index is 0.0374. The van der Waals surface area contributed by atoms with Crippen molar-refractivity contribution in [1.82, 2.24) is 9.21 Å². The van der Waals surface area contributed by atoms with Crippen LogP contribution >= 0.6 is 0 Å². The maximum Gasteiger partial charge on any atom is 0.242 e. The summed E-state index contributed by atoms with van der Waals surface area (Å²) in [5, 5.41) is 11.3. The van der Waals surface area contributed by atoms with Crippen molar-refractivity contribution in [3.63, 3.8) is 0 Å². The van der Waals surface area contributed by atoms with Crippen LogP contribution in [0.4, 0.5) is 0 Å². The van der Waals surface area contributed by atoms with Crippen molar-refractivity contribution in [2.24, 2.45) is 5.92 Å². The highest BCUT2D eigenvalue weighted by Gasteiger charge is 2.53. The van der Waals surface area contributed by atoms with Gasteiger partial charge in [-0.25, -0.2) is 12.7 Å². The minimum atomic E-state index is -3.62. The van der Waals surface area contributed by atoms with Crippen LogP contribution in [-0.2, 0) is 15.4 Å². The summed E-state index contributed by atoms with van der Waals surface area (Å²) in [5.74, 6) is 0.531. The number of hydrogen-bond acceptors (Lipinski definition) is 4. The number of benzene rings is 3. The lowest BCUT2D eigenvalue weighted by Crippen LogP contribution is -2.44. The highest BCUT2D eigenvalue weighted by molar-refractivity contribution is 7.89. The highest BCUT2D eigenvalue weighted by Crippen LogP contribution is 2.60. The molecule has 6 rings (SSSR count). The van der Waals surface area contributed by atoms with Gasteiger partial charge in [0.15, 0.2) is 0 Å². The van der Waals surface area contributed by atoms with Gasteiger partial charge in [-0.2, -0.15) is 0 Å². The minimum Gasteiger partial charge on any atom is -0.388 e. The average Bonchev–Trinajstić information content (AvgIpc) is 3.41. The standard InChI is InChI=1S/C30H34N2O3S/c1-31(2)36(34,35)28-14-8-5-11-24(28)29(33)21-15-17-32(18-16-21)20-30-19-25(22-9-3-6-12-26(22)30)23-10-4-7-13-27(23)30/h3-14,21,25,29,33H,15-20H2,1-2H3/t25?,29-,30?/m1/s1. The molecule has 0 amide bonds. The van der Waals surface area contributed by atoms with Gasteiger partial charge in [-0.1, -0.05) is 66.7 Å². The fourth-order valence-electron chi connectivity index (χ4n) is 7.03. The van der Waals surface area contributed by atoms with E-state index >= 15 is 0 Å². The Morgan fingerprint density at radius 2 is 1.47 bits per heavy atom. The van der Waals surface area contributed by atoms with Crippen molar-refractivity contribution in [1.29, 1.82) is 0 Å². The number of hydrogen-bond donors (Lipinski definition) is 1. The Hall–Kier alpha value is -2.51. The van der Waals surface area contributed by atoms with Crippen LogP contribution in [0.2, 0.25) is 0 Å². The largest absolute Gasteiger partial charge is 0.388 e. The van der Waals surface area contributed by atoms with E-state index < -0.39 is 16.1 Å². The quantitative estimate of drug-likeness (QED) is 0.539. The molecule has 36 heavy (non-hydrogen) atoms. The molecule has 3 aromatic carbocycles. The van der Waals surface area contributed by atoms with Gasteiger partial charge < -0.3 is 10.0 Å². The zero-order chi connectivity index (χ0) is 25.1. The van der Waals surface area contributed by atoms with Crippen LogP contribution in [0.1, 0.15) is 59.1 Å². The molecule has 2 aliphatic carbocycles. The number of sulfonamides is 1. The van der Waals surface area contributed by atoms with E-state index in [1.54, 1.807) is 18.2 Å². The van der Waals surface area contributed by atoms with Gasteiger partial charge in [0.1, 0.15) is 0 Å². The van der Waals surface area contributed by atoms with Gasteiger partial charge in [0.05, 0.1) is 11.0 Å². The molecule has 1 atom stereocenters. The van der Waals surface area contributed by atoms with Crippen LogP contribution in [0.5, 0.6) is 0 Å². The van der Waals surface area contributed by atoms with E-state index in [0.29, 0.717) is 11.5 Å². The third-order valence-electron chi connectivity index (χ3n) is 8.82. The number of fused-ring (bicyclic) bond motifs is 8. The molecule has 1 heterocycles. The van der Waals surface area contributed by atoms with Crippen LogP contribution in [0, 0.1) is 5.92 Å². The first kappa shape index (κ1) is 23.9. The molecular formula is C30H34N2O3S. The summed E-state index contributed by atoms with van der Waals surface area (Å²) in [6.45, 7) is 2.80. The molecule has 0 saturated carbocycles. The first-order valence-electron chi connectivity index (χ1n) is 12.9. The van der Waals surface area contributed by atoms with Gasteiger partial charge in [-0.3, -0.25) is 0 Å². The number of nitrogens with zero attached hydrogens (tertiary/aromatic N) is 2. The normalized spacial score (nSPS) is 24.6. The summed E-state index contributed by atoms with van der Waals surface area (Å²) >= 11 is 0. The van der Waals surface area contributed by atoms with Crippen molar-refractivity contribution in [2.75, 3.05) is 33.7 Å². The molecule has 0 aromatic heterocycles. The van der Waals surface area contributed by atoms with Crippen LogP contribution in [0.25, 0.3) is 0 Å². The van der Waals surface area contributed by atoms with E-state index in [9.17, 15) is 13.5 Å². The summed E-state index contributed by atoms with van der Waals surface area (Å²) in [6.07, 6.45) is 2.05. The Morgan fingerprint density at radius 1 is 0.917 bits per heavy atom. The second-order valence-corrected chi connectivity index (χ2v) is 13.0. The third-order valence-corrected chi connectivity index (χ3v) is 10.7. The van der Waals surface area contributed by atoms with E-state index in [1.807, 2.05) is 6.07 Å². The lowest BCUT2D eigenvalue weighted by atomic mass is 9.74. The Kier molecular flexibility index (Phi) is 5.84. The van der Waals surface area contributed by atoms with Gasteiger partial charge in [-0.05, 0) is 66.6 Å². The van der Waals surface area contributed by atoms with E-state index in [4.69, 9.17) is 0 Å². The zero-order valence-corrected chi connectivity index (χ0v) is 21.8. The number of aliphatic hydroxyl groups is 1. The number of piperidine rings is 1. The molecule has 0 radical (unpaired) electrons. The molecule has 0 spiro atoms. The van der Waals surface area contributed by atoms with Crippen LogP contribution in [-0.4, -0.2) is 56.5 Å². The second-order valence-electron chi connectivity index (χ2n) is 10.9. The molecule has 0 unspecified atom stereocenters. The van der Waals surface area contributed by atoms with Crippen molar-refractivity contribution >= 4 is 10.0 Å². The molecule has 1 fully saturated rings. The SMILES string of the molecule is CN(C)S(=O)(=O)c1ccccc1[C@H](O)C1CCN(CC23CC(c4ccccc42)c2ccccc23)CC1. The molecule has 2 bridgehead atoms. The lowest BCUT2D eigenvalue weighted by molar-refractivity contribution is 0.0523. The number of likely N-dealkylation sites (tertiary alicyclic amines) is 1. The van der Waals surface area contributed by atoms with Gasteiger partial charge in [0, 0.05) is 37.5 Å². The average molecular weight is 503 g/mol. The summed E-state index contributed by atoms with van der Waals surface area (Å²) in [7, 11) is -0.556. The van der Waals surface area contributed by atoms with E-state index in [1.165, 1.54) is 40.7 Å². The van der Waals surface area contributed by atoms with Gasteiger partial charge >= 0.3 is 0 Å². The van der Waals surface area contributed by atoms with E-state index in [0.717, 1.165) is 38.9 Å². The van der Waals surface area contributed by atoms with Crippen molar-refractivity contribution in [2.45, 2.75) is 41.6 Å². The predicted molar refractivity (Wildman–Crippen MR) is 142 cm³/mol. The monoisotopic (exact) mass is 502 g/mol. The number of aliphatic hydroxyl groups excluding tert-OH is 1. The molecule has 6 heteroatoms. The van der Waals surface area contributed by atoms with Gasteiger partial charge in [-0.15, -0.1) is 0 Å². The molecule has 5 nitrogen and oxygen atoms in total. The first-order chi connectivity index (χ1) is 17.3. The molecule has 1 saturated heterocycles. The summed E-state index contributed by atoms with van der Waals surface area (Å²) in [5.41, 5.74) is 6.49.